The summed E-state index contributed by atoms with van der Waals surface area (Å²) in [5.41, 5.74) is 0.386. The van der Waals surface area contributed by atoms with E-state index in [0.717, 1.165) is 44.4 Å². The molecule has 4 heterocycles. The highest BCUT2D eigenvalue weighted by atomic mass is 16.5. The molecule has 9 nitrogen and oxygen atoms in total. The zero-order valence-corrected chi connectivity index (χ0v) is 14.4. The minimum Gasteiger partial charge on any atom is -0.378 e. The van der Waals surface area contributed by atoms with Crippen LogP contribution in [0.1, 0.15) is 12.1 Å². The molecule has 2 saturated heterocycles. The summed E-state index contributed by atoms with van der Waals surface area (Å²) in [5.74, 6) is 2.16. The van der Waals surface area contributed by atoms with Crippen molar-refractivity contribution in [3.63, 3.8) is 0 Å². The van der Waals surface area contributed by atoms with Crippen LogP contribution in [0.4, 0.5) is 17.7 Å². The van der Waals surface area contributed by atoms with E-state index < -0.39 is 0 Å². The molecule has 2 aliphatic heterocycles. The maximum atomic E-state index is 8.99. The minimum absolute atomic E-state index is 0.247. The number of rotatable bonds is 4. The first-order chi connectivity index (χ1) is 12.8. The van der Waals surface area contributed by atoms with E-state index in [0.29, 0.717) is 24.9 Å². The van der Waals surface area contributed by atoms with Gasteiger partial charge in [-0.05, 0) is 18.6 Å². The number of hydrogen-bond donors (Lipinski definition) is 1. The smallest absolute Gasteiger partial charge is 0.227 e. The van der Waals surface area contributed by atoms with E-state index in [1.54, 1.807) is 18.5 Å². The summed E-state index contributed by atoms with van der Waals surface area (Å²) in [6, 6.07) is 5.81. The van der Waals surface area contributed by atoms with E-state index in [-0.39, 0.29) is 6.04 Å². The summed E-state index contributed by atoms with van der Waals surface area (Å²) in [7, 11) is 0. The van der Waals surface area contributed by atoms with Crippen molar-refractivity contribution in [1.82, 2.24) is 19.9 Å². The van der Waals surface area contributed by atoms with Crippen molar-refractivity contribution in [3.8, 4) is 6.07 Å². The van der Waals surface area contributed by atoms with E-state index in [1.807, 2.05) is 6.07 Å². The Morgan fingerprint density at radius 1 is 1.04 bits per heavy atom. The van der Waals surface area contributed by atoms with Crippen molar-refractivity contribution in [2.24, 2.45) is 0 Å². The monoisotopic (exact) mass is 352 g/mol. The zero-order chi connectivity index (χ0) is 17.8. The molecular weight excluding hydrogens is 332 g/mol. The molecule has 0 radical (unpaired) electrons. The van der Waals surface area contributed by atoms with Gasteiger partial charge in [0.25, 0.3) is 0 Å². The van der Waals surface area contributed by atoms with Gasteiger partial charge in [-0.15, -0.1) is 0 Å². The van der Waals surface area contributed by atoms with Crippen molar-refractivity contribution >= 4 is 17.7 Å². The maximum absolute atomic E-state index is 8.99. The predicted molar refractivity (Wildman–Crippen MR) is 96.1 cm³/mol. The average Bonchev–Trinajstić information content (AvgIpc) is 3.17. The van der Waals surface area contributed by atoms with Gasteiger partial charge in [0.2, 0.25) is 11.9 Å². The second-order valence-electron chi connectivity index (χ2n) is 6.27. The number of nitriles is 1. The van der Waals surface area contributed by atoms with Crippen molar-refractivity contribution in [2.75, 3.05) is 54.5 Å². The van der Waals surface area contributed by atoms with Crippen molar-refractivity contribution < 1.29 is 4.74 Å². The largest absolute Gasteiger partial charge is 0.378 e. The highest BCUT2D eigenvalue weighted by Crippen LogP contribution is 2.20. The lowest BCUT2D eigenvalue weighted by Gasteiger charge is -2.27. The van der Waals surface area contributed by atoms with Crippen LogP contribution in [0.3, 0.4) is 0 Å². The van der Waals surface area contributed by atoms with E-state index in [9.17, 15) is 0 Å². The summed E-state index contributed by atoms with van der Waals surface area (Å²) in [4.78, 5) is 21.8. The first kappa shape index (κ1) is 16.5. The fourth-order valence-corrected chi connectivity index (χ4v) is 3.18. The lowest BCUT2D eigenvalue weighted by atomic mass is 10.2. The van der Waals surface area contributed by atoms with Crippen LogP contribution >= 0.6 is 0 Å². The topological polar surface area (TPSA) is 103 Å². The molecule has 1 unspecified atom stereocenters. The summed E-state index contributed by atoms with van der Waals surface area (Å²) >= 11 is 0. The number of hydrogen-bond acceptors (Lipinski definition) is 9. The van der Waals surface area contributed by atoms with Gasteiger partial charge in [0.1, 0.15) is 17.6 Å². The SMILES string of the molecule is N#Cc1ccnc(N2CCC(Nc3ccnc(N4CCOCC4)n3)C2)n1. The lowest BCUT2D eigenvalue weighted by molar-refractivity contribution is 0.122. The highest BCUT2D eigenvalue weighted by molar-refractivity contribution is 5.44. The van der Waals surface area contributed by atoms with Gasteiger partial charge in [0.05, 0.1) is 13.2 Å². The molecule has 2 fully saturated rings. The predicted octanol–water partition coefficient (Wildman–Crippen LogP) is 0.666. The molecule has 0 aliphatic carbocycles. The Bertz CT molecular complexity index is 801. The third-order valence-corrected chi connectivity index (χ3v) is 4.52. The second-order valence-corrected chi connectivity index (χ2v) is 6.27. The second kappa shape index (κ2) is 7.49. The molecule has 0 spiro atoms. The van der Waals surface area contributed by atoms with Gasteiger partial charge in [-0.1, -0.05) is 0 Å². The Labute approximate surface area is 151 Å². The lowest BCUT2D eigenvalue weighted by Crippen LogP contribution is -2.37. The highest BCUT2D eigenvalue weighted by Gasteiger charge is 2.25. The summed E-state index contributed by atoms with van der Waals surface area (Å²) in [6.07, 6.45) is 4.37. The molecule has 0 amide bonds. The molecule has 2 aromatic rings. The van der Waals surface area contributed by atoms with Crippen LogP contribution < -0.4 is 15.1 Å². The van der Waals surface area contributed by atoms with Crippen LogP contribution in [-0.2, 0) is 4.74 Å². The standard InChI is InChI=1S/C17H20N8O/c18-11-13-1-4-19-16(22-13)25-6-3-14(12-25)21-15-2-5-20-17(23-15)24-7-9-26-10-8-24/h1-2,4-5,14H,3,6-10,12H2,(H,20,21,23). The van der Waals surface area contributed by atoms with Gasteiger partial charge in [0, 0.05) is 44.6 Å². The Hall–Kier alpha value is -2.99. The molecule has 2 aliphatic rings. The van der Waals surface area contributed by atoms with Crippen molar-refractivity contribution in [3.05, 3.63) is 30.2 Å². The van der Waals surface area contributed by atoms with Gasteiger partial charge in [-0.2, -0.15) is 10.2 Å². The normalized spacial score (nSPS) is 20.0. The summed E-state index contributed by atoms with van der Waals surface area (Å²) < 4.78 is 5.38. The van der Waals surface area contributed by atoms with Crippen molar-refractivity contribution in [2.45, 2.75) is 12.5 Å². The average molecular weight is 352 g/mol. The van der Waals surface area contributed by atoms with Crippen LogP contribution in [0.5, 0.6) is 0 Å². The minimum atomic E-state index is 0.247. The molecule has 0 aromatic carbocycles. The number of anilines is 3. The zero-order valence-electron chi connectivity index (χ0n) is 14.4. The van der Waals surface area contributed by atoms with Gasteiger partial charge in [-0.3, -0.25) is 0 Å². The van der Waals surface area contributed by atoms with Crippen LogP contribution in [0.25, 0.3) is 0 Å². The van der Waals surface area contributed by atoms with Gasteiger partial charge in [0.15, 0.2) is 0 Å². The first-order valence-corrected chi connectivity index (χ1v) is 8.72. The van der Waals surface area contributed by atoms with Gasteiger partial charge < -0.3 is 19.9 Å². The fourth-order valence-electron chi connectivity index (χ4n) is 3.18. The van der Waals surface area contributed by atoms with Crippen molar-refractivity contribution in [1.29, 1.82) is 5.26 Å². The van der Waals surface area contributed by atoms with Crippen LogP contribution in [0.15, 0.2) is 24.5 Å². The molecule has 0 saturated carbocycles. The number of ether oxygens (including phenoxy) is 1. The van der Waals surface area contributed by atoms with Gasteiger partial charge >= 0.3 is 0 Å². The summed E-state index contributed by atoms with van der Waals surface area (Å²) in [6.45, 7) is 4.65. The van der Waals surface area contributed by atoms with Gasteiger partial charge in [-0.25, -0.2) is 15.0 Å². The quantitative estimate of drug-likeness (QED) is 0.850. The fraction of sp³-hybridized carbons (Fsp3) is 0.471. The first-order valence-electron chi connectivity index (χ1n) is 8.72. The maximum Gasteiger partial charge on any atom is 0.227 e. The molecule has 1 atom stereocenters. The molecule has 134 valence electrons. The molecule has 26 heavy (non-hydrogen) atoms. The number of nitrogens with one attached hydrogen (secondary N) is 1. The Morgan fingerprint density at radius 3 is 2.62 bits per heavy atom. The number of nitrogens with zero attached hydrogens (tertiary/aromatic N) is 7. The third-order valence-electron chi connectivity index (χ3n) is 4.52. The van der Waals surface area contributed by atoms with E-state index in [4.69, 9.17) is 10.00 Å². The number of morpholine rings is 1. The molecular formula is C17H20N8O. The molecule has 0 bridgehead atoms. The van der Waals surface area contributed by atoms with E-state index in [2.05, 4.69) is 41.1 Å². The Morgan fingerprint density at radius 2 is 1.81 bits per heavy atom. The Kier molecular flexibility index (Phi) is 4.75. The van der Waals surface area contributed by atoms with Crippen LogP contribution in [0, 0.1) is 11.3 Å². The summed E-state index contributed by atoms with van der Waals surface area (Å²) in [5, 5.41) is 12.5. The third kappa shape index (κ3) is 3.65. The van der Waals surface area contributed by atoms with E-state index in [1.165, 1.54) is 0 Å². The molecule has 1 N–H and O–H groups in total. The number of aromatic nitrogens is 4. The van der Waals surface area contributed by atoms with Crippen LogP contribution in [0.2, 0.25) is 0 Å². The molecule has 9 heteroatoms. The molecule has 4 rings (SSSR count). The van der Waals surface area contributed by atoms with Crippen LogP contribution in [-0.4, -0.2) is 65.4 Å². The van der Waals surface area contributed by atoms with E-state index >= 15 is 0 Å². The Balaban J connectivity index is 1.40. The molecule has 2 aromatic heterocycles.